The fraction of sp³-hybridized carbons (Fsp3) is 0.211. The molecule has 0 radical (unpaired) electrons. The lowest BCUT2D eigenvalue weighted by Crippen LogP contribution is -2.36. The van der Waals surface area contributed by atoms with Crippen LogP contribution in [0.4, 0.5) is 22.0 Å². The molecule has 0 bridgehead atoms. The second-order valence-corrected chi connectivity index (χ2v) is 7.61. The highest BCUT2D eigenvalue weighted by Crippen LogP contribution is 2.47. The van der Waals surface area contributed by atoms with Crippen LogP contribution in [0.25, 0.3) is 0 Å². The van der Waals surface area contributed by atoms with Crippen molar-refractivity contribution in [1.29, 1.82) is 0 Å². The normalized spacial score (nSPS) is 13.7. The summed E-state index contributed by atoms with van der Waals surface area (Å²) < 4.78 is 96.1. The fourth-order valence-corrected chi connectivity index (χ4v) is 3.66. The molecule has 0 aliphatic rings. The van der Waals surface area contributed by atoms with Crippen molar-refractivity contribution in [2.45, 2.75) is 19.4 Å². The number of carbonyl (C=O) groups excluding carboxylic acids is 1. The molecule has 31 heavy (non-hydrogen) atoms. The molecule has 168 valence electrons. The third kappa shape index (κ3) is 6.05. The molecule has 2 aromatic carbocycles. The molecule has 2 atom stereocenters. The number of rotatable bonds is 10. The Bertz CT molecular complexity index is 976. The van der Waals surface area contributed by atoms with Crippen molar-refractivity contribution >= 4 is 13.7 Å². The average Bonchev–Trinajstić information content (AvgIpc) is 2.74. The fourth-order valence-electron chi connectivity index (χ4n) is 2.13. The molecule has 6 nitrogen and oxygen atoms in total. The number of benzene rings is 2. The predicted octanol–water partition coefficient (Wildman–Crippen LogP) is 5.05. The lowest BCUT2D eigenvalue weighted by atomic mass is 10.3. The second kappa shape index (κ2) is 10.4. The largest absolute Gasteiger partial charge is 0.513 e. The van der Waals surface area contributed by atoms with E-state index in [2.05, 4.69) is 16.2 Å². The molecular formula is C19H17F5NO5P. The Balaban J connectivity index is 2.38. The van der Waals surface area contributed by atoms with Gasteiger partial charge in [0.1, 0.15) is 11.8 Å². The first-order valence-electron chi connectivity index (χ1n) is 8.70. The van der Waals surface area contributed by atoms with Crippen molar-refractivity contribution in [3.8, 4) is 11.5 Å². The monoisotopic (exact) mass is 465 g/mol. The van der Waals surface area contributed by atoms with Gasteiger partial charge in [0, 0.05) is 0 Å². The number of ether oxygens (including phenoxy) is 1. The van der Waals surface area contributed by atoms with E-state index in [1.165, 1.54) is 37.3 Å². The van der Waals surface area contributed by atoms with Gasteiger partial charge in [0.05, 0.1) is 6.61 Å². The van der Waals surface area contributed by atoms with Gasteiger partial charge in [-0.25, -0.2) is 17.7 Å². The van der Waals surface area contributed by atoms with Crippen LogP contribution in [-0.2, 0) is 14.1 Å². The summed E-state index contributed by atoms with van der Waals surface area (Å²) in [6.45, 7) is 4.55. The smallest absolute Gasteiger partial charge is 0.464 e. The van der Waals surface area contributed by atoms with E-state index in [0.29, 0.717) is 6.42 Å². The summed E-state index contributed by atoms with van der Waals surface area (Å²) >= 11 is 0. The Hall–Kier alpha value is -2.91. The number of hydrogen-bond donors (Lipinski definition) is 1. The molecule has 0 saturated carbocycles. The standard InChI is InChI=1S/C19H17F5NO5P/c1-3-4-10-28-19(26)11(2)25-31(27,29-12-8-6-5-7-9-12)30-18-16(23)14(21)13(20)15(22)17(18)24/h3,5-9,11H,1,4,10H2,2H3,(H,25,27)/t11-,31?/m0/s1. The maximum Gasteiger partial charge on any atom is 0.513 e. The van der Waals surface area contributed by atoms with E-state index in [1.54, 1.807) is 6.07 Å². The molecule has 2 aromatic rings. The number of carbonyl (C=O) groups is 1. The lowest BCUT2D eigenvalue weighted by molar-refractivity contribution is -0.145. The van der Waals surface area contributed by atoms with Crippen LogP contribution in [0.5, 0.6) is 11.5 Å². The van der Waals surface area contributed by atoms with E-state index in [1.807, 2.05) is 0 Å². The molecule has 12 heteroatoms. The van der Waals surface area contributed by atoms with Crippen LogP contribution < -0.4 is 14.1 Å². The van der Waals surface area contributed by atoms with Gasteiger partial charge in [-0.3, -0.25) is 4.79 Å². The van der Waals surface area contributed by atoms with E-state index < -0.39 is 54.6 Å². The summed E-state index contributed by atoms with van der Waals surface area (Å²) in [4.78, 5) is 12.0. The molecule has 1 N–H and O–H groups in total. The molecule has 0 fully saturated rings. The molecule has 0 aromatic heterocycles. The van der Waals surface area contributed by atoms with Crippen molar-refractivity contribution in [2.75, 3.05) is 6.61 Å². The first-order valence-corrected chi connectivity index (χ1v) is 10.2. The summed E-state index contributed by atoms with van der Waals surface area (Å²) in [7, 11) is -4.93. The SMILES string of the molecule is C=CCCOC(=O)[C@H](C)NP(=O)(Oc1ccccc1)Oc1c(F)c(F)c(F)c(F)c1F. The van der Waals surface area contributed by atoms with Crippen molar-refractivity contribution < 1.29 is 45.1 Å². The first-order chi connectivity index (χ1) is 14.6. The van der Waals surface area contributed by atoms with E-state index in [9.17, 15) is 31.3 Å². The van der Waals surface area contributed by atoms with Crippen LogP contribution >= 0.6 is 7.75 Å². The van der Waals surface area contributed by atoms with Gasteiger partial charge in [0.25, 0.3) is 0 Å². The summed E-state index contributed by atoms with van der Waals surface area (Å²) in [6, 6.07) is 5.61. The van der Waals surface area contributed by atoms with Gasteiger partial charge in [0.2, 0.25) is 34.8 Å². The van der Waals surface area contributed by atoms with Gasteiger partial charge in [-0.05, 0) is 25.5 Å². The number of para-hydroxylation sites is 1. The minimum Gasteiger partial charge on any atom is -0.464 e. The molecular weight excluding hydrogens is 448 g/mol. The zero-order chi connectivity index (χ0) is 23.2. The third-order valence-electron chi connectivity index (χ3n) is 3.62. The van der Waals surface area contributed by atoms with Gasteiger partial charge in [-0.1, -0.05) is 24.3 Å². The number of esters is 1. The minimum absolute atomic E-state index is 0.0588. The molecule has 2 rings (SSSR count). The third-order valence-corrected chi connectivity index (χ3v) is 5.20. The molecule has 0 saturated heterocycles. The van der Waals surface area contributed by atoms with Crippen molar-refractivity contribution in [1.82, 2.24) is 5.09 Å². The van der Waals surface area contributed by atoms with Crippen LogP contribution in [0.2, 0.25) is 0 Å². The summed E-state index contributed by atoms with van der Waals surface area (Å²) in [5, 5.41) is 2.06. The second-order valence-electron chi connectivity index (χ2n) is 5.99. The molecule has 0 aliphatic carbocycles. The van der Waals surface area contributed by atoms with Crippen molar-refractivity contribution in [2.24, 2.45) is 0 Å². The highest BCUT2D eigenvalue weighted by molar-refractivity contribution is 7.52. The number of halogens is 5. The summed E-state index contributed by atoms with van der Waals surface area (Å²) in [5.41, 5.74) is 0. The number of nitrogens with one attached hydrogen (secondary N) is 1. The lowest BCUT2D eigenvalue weighted by Gasteiger charge is -2.23. The van der Waals surface area contributed by atoms with Gasteiger partial charge in [-0.15, -0.1) is 6.58 Å². The summed E-state index contributed by atoms with van der Waals surface area (Å²) in [5.74, 6) is -14.7. The maximum atomic E-state index is 14.0. The van der Waals surface area contributed by atoms with Crippen LogP contribution in [0.15, 0.2) is 43.0 Å². The Kier molecular flexibility index (Phi) is 8.18. The maximum absolute atomic E-state index is 14.0. The molecule has 0 aliphatic heterocycles. The van der Waals surface area contributed by atoms with Crippen LogP contribution in [0, 0.1) is 29.1 Å². The van der Waals surface area contributed by atoms with Crippen molar-refractivity contribution in [3.63, 3.8) is 0 Å². The first kappa shape index (κ1) is 24.4. The Labute approximate surface area is 174 Å². The van der Waals surface area contributed by atoms with Gasteiger partial charge in [0.15, 0.2) is 0 Å². The topological polar surface area (TPSA) is 73.9 Å². The Morgan fingerprint density at radius 3 is 2.13 bits per heavy atom. The van der Waals surface area contributed by atoms with E-state index >= 15 is 0 Å². The molecule has 1 unspecified atom stereocenters. The Morgan fingerprint density at radius 2 is 1.58 bits per heavy atom. The van der Waals surface area contributed by atoms with Crippen LogP contribution in [0.1, 0.15) is 13.3 Å². The van der Waals surface area contributed by atoms with Gasteiger partial charge >= 0.3 is 13.7 Å². The van der Waals surface area contributed by atoms with E-state index in [4.69, 9.17) is 9.26 Å². The molecule has 0 amide bonds. The summed E-state index contributed by atoms with van der Waals surface area (Å²) in [6.07, 6.45) is 1.79. The molecule has 0 heterocycles. The van der Waals surface area contributed by atoms with Crippen molar-refractivity contribution in [3.05, 3.63) is 72.1 Å². The van der Waals surface area contributed by atoms with E-state index in [0.717, 1.165) is 0 Å². The number of hydrogen-bond acceptors (Lipinski definition) is 5. The van der Waals surface area contributed by atoms with Gasteiger partial charge in [-0.2, -0.15) is 13.9 Å². The Morgan fingerprint density at radius 1 is 1.03 bits per heavy atom. The van der Waals surface area contributed by atoms with Crippen LogP contribution in [-0.4, -0.2) is 18.6 Å². The predicted molar refractivity (Wildman–Crippen MR) is 99.9 cm³/mol. The average molecular weight is 465 g/mol. The highest BCUT2D eigenvalue weighted by Gasteiger charge is 2.38. The van der Waals surface area contributed by atoms with Crippen LogP contribution in [0.3, 0.4) is 0 Å². The van der Waals surface area contributed by atoms with Gasteiger partial charge < -0.3 is 13.8 Å². The minimum atomic E-state index is -4.93. The highest BCUT2D eigenvalue weighted by atomic mass is 31.2. The molecule has 0 spiro atoms. The zero-order valence-electron chi connectivity index (χ0n) is 16.0. The quantitative estimate of drug-likeness (QED) is 0.101. The zero-order valence-corrected chi connectivity index (χ0v) is 16.9. The van der Waals surface area contributed by atoms with E-state index in [-0.39, 0.29) is 12.4 Å².